The molecular weight excluding hydrogens is 943 g/mol. The van der Waals surface area contributed by atoms with Gasteiger partial charge in [-0.05, 0) is 122 Å². The molecule has 8 aromatic carbocycles. The molecular formula is C65H73N7O4. The Morgan fingerprint density at radius 3 is 1.54 bits per heavy atom. The summed E-state index contributed by atoms with van der Waals surface area (Å²) in [6.45, 7) is 11.0. The number of aliphatic hydroxyl groups excluding tert-OH is 1. The maximum absolute atomic E-state index is 13.9. The number of aliphatic hydroxyl groups is 1. The normalized spacial score (nSPS) is 12.0. The van der Waals surface area contributed by atoms with E-state index >= 15 is 0 Å². The van der Waals surface area contributed by atoms with E-state index in [1.54, 1.807) is 4.90 Å². The molecule has 0 aliphatic carbocycles. The summed E-state index contributed by atoms with van der Waals surface area (Å²) in [5, 5.41) is 30.7. The minimum absolute atomic E-state index is 0.00942. The number of nitrogens with zero attached hydrogens (tertiary/aromatic N) is 2. The first-order valence-corrected chi connectivity index (χ1v) is 26.8. The van der Waals surface area contributed by atoms with Crippen molar-refractivity contribution >= 4 is 39.5 Å². The second kappa shape index (κ2) is 27.6. The fourth-order valence-electron chi connectivity index (χ4n) is 9.79. The summed E-state index contributed by atoms with van der Waals surface area (Å²) < 4.78 is 0. The quantitative estimate of drug-likeness (QED) is 0.0315. The SMILES string of the molecule is CC(=O)NCCCCN(Cc1ccc(CNCc2cccc(-c3ccc4c(C(C)NC(=O)N(CCCO)Cc5ccc(CNCc6ccccc6)cc5)cccc4c3)c2)cc1)C(=O)NC(C)c1cccc2ccccc12. The summed E-state index contributed by atoms with van der Waals surface area (Å²) in [5.74, 6) is -0.0498. The Bertz CT molecular complexity index is 3140. The number of carbonyl (C=O) groups is 3. The lowest BCUT2D eigenvalue weighted by Gasteiger charge is -2.26. The van der Waals surface area contributed by atoms with Gasteiger partial charge in [0, 0.05) is 72.4 Å². The highest BCUT2D eigenvalue weighted by Gasteiger charge is 2.21. The molecule has 0 aliphatic heterocycles. The van der Waals surface area contributed by atoms with Crippen molar-refractivity contribution in [2.24, 2.45) is 0 Å². The fraction of sp³-hybridized carbons (Fsp3) is 0.277. The molecule has 8 aromatic rings. The third kappa shape index (κ3) is 15.6. The molecule has 5 amide bonds. The van der Waals surface area contributed by atoms with Gasteiger partial charge >= 0.3 is 12.1 Å². The van der Waals surface area contributed by atoms with Crippen molar-refractivity contribution in [3.8, 4) is 11.1 Å². The number of nitrogens with one attached hydrogen (secondary N) is 5. The van der Waals surface area contributed by atoms with Gasteiger partial charge in [-0.2, -0.15) is 0 Å². The average molecular weight is 1020 g/mol. The molecule has 6 N–H and O–H groups in total. The zero-order valence-electron chi connectivity index (χ0n) is 44.2. The Kier molecular flexibility index (Phi) is 19.8. The van der Waals surface area contributed by atoms with Crippen molar-refractivity contribution in [1.82, 2.24) is 36.4 Å². The number of carbonyl (C=O) groups excluding carboxylic acids is 3. The van der Waals surface area contributed by atoms with Crippen LogP contribution in [0.25, 0.3) is 32.7 Å². The monoisotopic (exact) mass is 1020 g/mol. The molecule has 11 heteroatoms. The van der Waals surface area contributed by atoms with Gasteiger partial charge in [0.05, 0.1) is 12.1 Å². The van der Waals surface area contributed by atoms with E-state index in [2.05, 4.69) is 172 Å². The summed E-state index contributed by atoms with van der Waals surface area (Å²) in [4.78, 5) is 42.8. The molecule has 0 aromatic heterocycles. The lowest BCUT2D eigenvalue weighted by molar-refractivity contribution is -0.118. The first-order valence-electron chi connectivity index (χ1n) is 26.8. The Morgan fingerprint density at radius 2 is 0.934 bits per heavy atom. The summed E-state index contributed by atoms with van der Waals surface area (Å²) in [6, 6.07) is 62.3. The van der Waals surface area contributed by atoms with Gasteiger partial charge in [0.25, 0.3) is 0 Å². The Morgan fingerprint density at radius 1 is 0.461 bits per heavy atom. The van der Waals surface area contributed by atoms with Gasteiger partial charge in [-0.3, -0.25) is 4.79 Å². The molecule has 0 spiro atoms. The van der Waals surface area contributed by atoms with Crippen molar-refractivity contribution in [1.29, 1.82) is 0 Å². The molecule has 0 aliphatic rings. The van der Waals surface area contributed by atoms with Gasteiger partial charge in [0.15, 0.2) is 0 Å². The largest absolute Gasteiger partial charge is 0.396 e. The van der Waals surface area contributed by atoms with Crippen LogP contribution < -0.4 is 26.6 Å². The number of urea groups is 2. The summed E-state index contributed by atoms with van der Waals surface area (Å²) >= 11 is 0. The third-order valence-corrected chi connectivity index (χ3v) is 14.0. The van der Waals surface area contributed by atoms with Gasteiger partial charge < -0.3 is 41.5 Å². The molecule has 392 valence electrons. The Balaban J connectivity index is 0.841. The van der Waals surface area contributed by atoms with E-state index in [4.69, 9.17) is 0 Å². The predicted molar refractivity (Wildman–Crippen MR) is 308 cm³/mol. The fourth-order valence-corrected chi connectivity index (χ4v) is 9.79. The molecule has 0 bridgehead atoms. The van der Waals surface area contributed by atoms with Gasteiger partial charge in [-0.15, -0.1) is 0 Å². The molecule has 8 rings (SSSR count). The number of benzene rings is 8. The second-order valence-electron chi connectivity index (χ2n) is 19.8. The molecule has 76 heavy (non-hydrogen) atoms. The minimum atomic E-state index is -0.253. The van der Waals surface area contributed by atoms with E-state index in [1.165, 1.54) is 23.6 Å². The zero-order valence-corrected chi connectivity index (χ0v) is 44.2. The number of unbranched alkanes of at least 4 members (excludes halogenated alkanes) is 1. The minimum Gasteiger partial charge on any atom is -0.396 e. The molecule has 0 heterocycles. The maximum atomic E-state index is 13.9. The second-order valence-corrected chi connectivity index (χ2v) is 19.8. The first kappa shape index (κ1) is 54.4. The lowest BCUT2D eigenvalue weighted by Crippen LogP contribution is -2.41. The summed E-state index contributed by atoms with van der Waals surface area (Å²) in [5.41, 5.74) is 11.2. The van der Waals surface area contributed by atoms with E-state index in [9.17, 15) is 19.5 Å². The van der Waals surface area contributed by atoms with Crippen LogP contribution in [-0.2, 0) is 44.1 Å². The summed E-state index contributed by atoms with van der Waals surface area (Å²) in [6.07, 6.45) is 2.04. The van der Waals surface area contributed by atoms with Crippen LogP contribution in [0.4, 0.5) is 9.59 Å². The van der Waals surface area contributed by atoms with Crippen LogP contribution in [0, 0.1) is 0 Å². The Hall–Kier alpha value is -7.83. The Labute approximate surface area is 448 Å². The van der Waals surface area contributed by atoms with Gasteiger partial charge in [-0.1, -0.05) is 170 Å². The van der Waals surface area contributed by atoms with Crippen LogP contribution in [0.2, 0.25) is 0 Å². The van der Waals surface area contributed by atoms with Crippen LogP contribution >= 0.6 is 0 Å². The molecule has 2 atom stereocenters. The number of hydrogen-bond acceptors (Lipinski definition) is 6. The van der Waals surface area contributed by atoms with Crippen LogP contribution in [-0.4, -0.2) is 59.1 Å². The lowest BCUT2D eigenvalue weighted by atomic mass is 9.95. The van der Waals surface area contributed by atoms with Gasteiger partial charge in [0.1, 0.15) is 0 Å². The van der Waals surface area contributed by atoms with Crippen LogP contribution in [0.1, 0.15) is 96.6 Å². The molecule has 0 saturated heterocycles. The first-order chi connectivity index (χ1) is 37.1. The van der Waals surface area contributed by atoms with Gasteiger partial charge in [-0.25, -0.2) is 9.59 Å². The van der Waals surface area contributed by atoms with E-state index in [-0.39, 0.29) is 36.7 Å². The van der Waals surface area contributed by atoms with Crippen molar-refractivity contribution in [3.63, 3.8) is 0 Å². The van der Waals surface area contributed by atoms with Crippen molar-refractivity contribution in [2.75, 3.05) is 26.2 Å². The topological polar surface area (TPSA) is 138 Å². The number of fused-ring (bicyclic) bond motifs is 2. The summed E-state index contributed by atoms with van der Waals surface area (Å²) in [7, 11) is 0. The molecule has 0 fully saturated rings. The van der Waals surface area contributed by atoms with Crippen LogP contribution in [0.5, 0.6) is 0 Å². The highest BCUT2D eigenvalue weighted by Crippen LogP contribution is 2.30. The number of amides is 5. The van der Waals surface area contributed by atoms with Crippen molar-refractivity contribution < 1.29 is 19.5 Å². The van der Waals surface area contributed by atoms with E-state index in [0.29, 0.717) is 52.2 Å². The molecule has 2 unspecified atom stereocenters. The zero-order chi connectivity index (χ0) is 53.1. The molecule has 11 nitrogen and oxygen atoms in total. The van der Waals surface area contributed by atoms with Gasteiger partial charge in [0.2, 0.25) is 5.91 Å². The molecule has 0 radical (unpaired) electrons. The third-order valence-electron chi connectivity index (χ3n) is 14.0. The molecule has 0 saturated carbocycles. The average Bonchev–Trinajstić information content (AvgIpc) is 3.44. The highest BCUT2D eigenvalue weighted by molar-refractivity contribution is 5.91. The van der Waals surface area contributed by atoms with E-state index in [1.807, 2.05) is 55.1 Å². The van der Waals surface area contributed by atoms with Crippen LogP contribution in [0.3, 0.4) is 0 Å². The maximum Gasteiger partial charge on any atom is 0.318 e. The van der Waals surface area contributed by atoms with Crippen molar-refractivity contribution in [3.05, 3.63) is 226 Å². The standard InChI is InChI=1S/C65H73N7O4/c1-47(60-23-12-19-56-18-7-8-22-62(56)60)69-64(75)71(36-10-9-35-68-49(3)74)45-53-29-27-52(28-30-53)43-67-44-55-17-11-20-57(39-55)58-33-34-63-59(40-58)21-13-24-61(63)48(2)70-65(76)72(37-14-38-73)46-54-31-25-51(26-32-54)42-66-41-50-15-5-4-6-16-50/h4-8,11-13,15-34,39-40,47-48,66-67,73H,9-10,14,35-38,41-46H2,1-3H3,(H,68,74)(H,69,75)(H,70,76). The highest BCUT2D eigenvalue weighted by atomic mass is 16.3. The van der Waals surface area contributed by atoms with E-state index in [0.717, 1.165) is 86.4 Å². The van der Waals surface area contributed by atoms with Crippen molar-refractivity contribution in [2.45, 2.75) is 91.4 Å². The number of hydrogen-bond donors (Lipinski definition) is 6. The number of rotatable bonds is 25. The van der Waals surface area contributed by atoms with Crippen LogP contribution in [0.15, 0.2) is 182 Å². The predicted octanol–water partition coefficient (Wildman–Crippen LogP) is 12.1. The van der Waals surface area contributed by atoms with E-state index < -0.39 is 0 Å². The smallest absolute Gasteiger partial charge is 0.318 e.